The summed E-state index contributed by atoms with van der Waals surface area (Å²) in [4.78, 5) is 16.1. The van der Waals surface area contributed by atoms with Crippen molar-refractivity contribution in [3.05, 3.63) is 125 Å². The Hall–Kier alpha value is -3.58. The summed E-state index contributed by atoms with van der Waals surface area (Å²) in [6, 6.07) is 26.2. The highest BCUT2D eigenvalue weighted by atomic mass is 32.2. The Bertz CT molecular complexity index is 1600. The number of aromatic carboxylic acids is 1. The SMILES string of the molecule is O=C(O)c1cccnc1SCC1CC(c2ccc(CO)cc2)OC(c2ccc(CNS(=O)(=O)c3ccccc3)cc2)O1. The number of aromatic nitrogens is 1. The average molecular weight is 607 g/mol. The van der Waals surface area contributed by atoms with E-state index in [1.807, 2.05) is 48.5 Å². The predicted octanol–water partition coefficient (Wildman–Crippen LogP) is 5.09. The second-order valence-electron chi connectivity index (χ2n) is 9.70. The third kappa shape index (κ3) is 7.43. The Balaban J connectivity index is 1.31. The quantitative estimate of drug-likeness (QED) is 0.200. The molecule has 3 atom stereocenters. The molecule has 218 valence electrons. The number of aliphatic hydroxyl groups excluding tert-OH is 1. The van der Waals surface area contributed by atoms with Crippen molar-refractivity contribution in [3.63, 3.8) is 0 Å². The monoisotopic (exact) mass is 606 g/mol. The summed E-state index contributed by atoms with van der Waals surface area (Å²) in [6.07, 6.45) is 0.815. The van der Waals surface area contributed by atoms with Gasteiger partial charge < -0.3 is 19.7 Å². The van der Waals surface area contributed by atoms with Crippen molar-refractivity contribution in [1.82, 2.24) is 9.71 Å². The summed E-state index contributed by atoms with van der Waals surface area (Å²) in [5.74, 6) is -0.578. The second kappa shape index (κ2) is 13.6. The van der Waals surface area contributed by atoms with Crippen LogP contribution in [0.2, 0.25) is 0 Å². The van der Waals surface area contributed by atoms with E-state index in [0.717, 1.165) is 22.3 Å². The van der Waals surface area contributed by atoms with Gasteiger partial charge in [0.2, 0.25) is 10.0 Å². The lowest BCUT2D eigenvalue weighted by Crippen LogP contribution is -2.31. The Morgan fingerprint density at radius 3 is 2.29 bits per heavy atom. The highest BCUT2D eigenvalue weighted by Crippen LogP contribution is 2.39. The number of rotatable bonds is 11. The number of carbonyl (C=O) groups is 1. The molecular formula is C31H30N2O7S2. The van der Waals surface area contributed by atoms with E-state index in [-0.39, 0.29) is 35.8 Å². The van der Waals surface area contributed by atoms with E-state index in [4.69, 9.17) is 9.47 Å². The zero-order valence-electron chi connectivity index (χ0n) is 22.5. The molecule has 3 N–H and O–H groups in total. The van der Waals surface area contributed by atoms with Crippen LogP contribution in [-0.4, -0.2) is 41.4 Å². The Morgan fingerprint density at radius 2 is 1.60 bits per heavy atom. The average Bonchev–Trinajstić information content (AvgIpc) is 3.03. The molecule has 0 radical (unpaired) electrons. The minimum Gasteiger partial charge on any atom is -0.478 e. The lowest BCUT2D eigenvalue weighted by Gasteiger charge is -2.36. The highest BCUT2D eigenvalue weighted by Gasteiger charge is 2.32. The molecule has 2 heterocycles. The number of hydrogen-bond acceptors (Lipinski definition) is 8. The van der Waals surface area contributed by atoms with Gasteiger partial charge in [-0.25, -0.2) is 22.9 Å². The van der Waals surface area contributed by atoms with Gasteiger partial charge in [-0.1, -0.05) is 66.7 Å². The number of carboxylic acids is 1. The summed E-state index contributed by atoms with van der Waals surface area (Å²) in [6.45, 7) is 0.0691. The van der Waals surface area contributed by atoms with E-state index in [1.165, 1.54) is 17.8 Å². The molecule has 4 aromatic rings. The molecular weight excluding hydrogens is 576 g/mol. The summed E-state index contributed by atoms with van der Waals surface area (Å²) in [5, 5.41) is 19.4. The van der Waals surface area contributed by atoms with Crippen LogP contribution in [-0.2, 0) is 32.6 Å². The Labute approximate surface area is 248 Å². The maximum absolute atomic E-state index is 12.6. The zero-order chi connectivity index (χ0) is 29.5. The molecule has 1 aromatic heterocycles. The van der Waals surface area contributed by atoms with Crippen molar-refractivity contribution in [1.29, 1.82) is 0 Å². The van der Waals surface area contributed by atoms with Gasteiger partial charge in [-0.2, -0.15) is 0 Å². The van der Waals surface area contributed by atoms with E-state index in [2.05, 4.69) is 9.71 Å². The van der Waals surface area contributed by atoms with Gasteiger partial charge in [-0.15, -0.1) is 11.8 Å². The molecule has 1 aliphatic heterocycles. The molecule has 1 aliphatic rings. The van der Waals surface area contributed by atoms with Gasteiger partial charge in [0.15, 0.2) is 6.29 Å². The van der Waals surface area contributed by atoms with Crippen molar-refractivity contribution in [2.24, 2.45) is 0 Å². The number of pyridine rings is 1. The van der Waals surface area contributed by atoms with Crippen molar-refractivity contribution in [3.8, 4) is 0 Å². The number of hydrogen-bond donors (Lipinski definition) is 3. The van der Waals surface area contributed by atoms with Crippen LogP contribution in [0.5, 0.6) is 0 Å². The molecule has 0 bridgehead atoms. The number of nitrogens with one attached hydrogen (secondary N) is 1. The summed E-state index contributed by atoms with van der Waals surface area (Å²) in [7, 11) is -3.64. The molecule has 11 heteroatoms. The molecule has 5 rings (SSSR count). The number of thioether (sulfide) groups is 1. The molecule has 0 aliphatic carbocycles. The van der Waals surface area contributed by atoms with E-state index < -0.39 is 22.3 Å². The van der Waals surface area contributed by atoms with Gasteiger partial charge in [0.25, 0.3) is 0 Å². The van der Waals surface area contributed by atoms with Gasteiger partial charge in [-0.05, 0) is 41.0 Å². The fraction of sp³-hybridized carbons (Fsp3) is 0.226. The van der Waals surface area contributed by atoms with E-state index in [9.17, 15) is 23.4 Å². The molecule has 1 saturated heterocycles. The van der Waals surface area contributed by atoms with Crippen LogP contribution >= 0.6 is 11.8 Å². The van der Waals surface area contributed by atoms with Crippen LogP contribution in [0.25, 0.3) is 0 Å². The predicted molar refractivity (Wildman–Crippen MR) is 157 cm³/mol. The van der Waals surface area contributed by atoms with E-state index >= 15 is 0 Å². The largest absolute Gasteiger partial charge is 0.478 e. The van der Waals surface area contributed by atoms with Crippen LogP contribution in [0.15, 0.2) is 107 Å². The molecule has 0 amide bonds. The van der Waals surface area contributed by atoms with Crippen LogP contribution < -0.4 is 4.72 Å². The van der Waals surface area contributed by atoms with Crippen molar-refractivity contribution >= 4 is 27.8 Å². The van der Waals surface area contributed by atoms with Crippen molar-refractivity contribution in [2.45, 2.75) is 48.0 Å². The van der Waals surface area contributed by atoms with Crippen LogP contribution in [0.1, 0.15) is 51.4 Å². The van der Waals surface area contributed by atoms with Gasteiger partial charge in [0.05, 0.1) is 29.3 Å². The van der Waals surface area contributed by atoms with Gasteiger partial charge in [-0.3, -0.25) is 0 Å². The van der Waals surface area contributed by atoms with Gasteiger partial charge >= 0.3 is 5.97 Å². The van der Waals surface area contributed by atoms with Gasteiger partial charge in [0.1, 0.15) is 5.03 Å². The van der Waals surface area contributed by atoms with Crippen molar-refractivity contribution < 1.29 is 32.9 Å². The molecule has 9 nitrogen and oxygen atoms in total. The van der Waals surface area contributed by atoms with Gasteiger partial charge in [0, 0.05) is 30.5 Å². The maximum atomic E-state index is 12.6. The summed E-state index contributed by atoms with van der Waals surface area (Å²) < 4.78 is 40.5. The molecule has 0 saturated carbocycles. The Kier molecular flexibility index (Phi) is 9.68. The van der Waals surface area contributed by atoms with Crippen molar-refractivity contribution in [2.75, 3.05) is 5.75 Å². The second-order valence-corrected chi connectivity index (χ2v) is 12.5. The molecule has 3 aromatic carbocycles. The first-order valence-corrected chi connectivity index (χ1v) is 15.7. The third-order valence-corrected chi connectivity index (χ3v) is 9.35. The Morgan fingerprint density at radius 1 is 0.905 bits per heavy atom. The lowest BCUT2D eigenvalue weighted by atomic mass is 10.0. The summed E-state index contributed by atoms with van der Waals surface area (Å²) >= 11 is 1.32. The van der Waals surface area contributed by atoms with Crippen LogP contribution in [0, 0.1) is 0 Å². The van der Waals surface area contributed by atoms with Crippen LogP contribution in [0.4, 0.5) is 0 Å². The normalized spacial score (nSPS) is 18.9. The maximum Gasteiger partial charge on any atom is 0.338 e. The number of aliphatic hydroxyl groups is 1. The fourth-order valence-electron chi connectivity index (χ4n) is 4.52. The molecule has 42 heavy (non-hydrogen) atoms. The van der Waals surface area contributed by atoms with E-state index in [0.29, 0.717) is 17.2 Å². The number of benzene rings is 3. The first-order valence-electron chi connectivity index (χ1n) is 13.3. The summed E-state index contributed by atoms with van der Waals surface area (Å²) in [5.41, 5.74) is 3.41. The molecule has 0 spiro atoms. The molecule has 1 fully saturated rings. The minimum absolute atomic E-state index is 0.0549. The zero-order valence-corrected chi connectivity index (χ0v) is 24.1. The van der Waals surface area contributed by atoms with E-state index in [1.54, 1.807) is 42.6 Å². The lowest BCUT2D eigenvalue weighted by molar-refractivity contribution is -0.245. The smallest absolute Gasteiger partial charge is 0.338 e. The number of carboxylic acid groups (broad SMARTS) is 1. The van der Waals surface area contributed by atoms with Crippen LogP contribution in [0.3, 0.4) is 0 Å². The number of sulfonamides is 1. The number of ether oxygens (including phenoxy) is 2. The fourth-order valence-corrected chi connectivity index (χ4v) is 6.56. The number of nitrogens with zero attached hydrogens (tertiary/aromatic N) is 1. The molecule has 3 unspecified atom stereocenters. The minimum atomic E-state index is -3.64. The topological polar surface area (TPSA) is 135 Å². The standard InChI is InChI=1S/C31H30N2O7S2/c34-19-22-10-12-23(13-11-22)28-17-25(20-41-29-27(30(35)36)7-4-16-32-29)39-31(40-28)24-14-8-21(9-15-24)18-33-42(37,38)26-5-2-1-3-6-26/h1-16,25,28,31,33-34H,17-20H2,(H,35,36). The first kappa shape index (κ1) is 29.9. The highest BCUT2D eigenvalue weighted by molar-refractivity contribution is 7.99. The first-order chi connectivity index (χ1) is 20.3. The third-order valence-electron chi connectivity index (χ3n) is 6.79.